The minimum atomic E-state index is -5.02. The number of hydrogen-bond acceptors (Lipinski definition) is 3. The molecule has 0 aliphatic carbocycles. The predicted molar refractivity (Wildman–Crippen MR) is 107 cm³/mol. The average molecular weight is 476 g/mol. The molecule has 0 aromatic heterocycles. The smallest absolute Gasteiger partial charge is 0.342 e. The lowest BCUT2D eigenvalue weighted by atomic mass is 10.1. The standard InChI is InChI=1S/C21H18F6N2O2S/c22-20(23,24)13-9-14(21(25,26)27)11-15(10-13)28-19(31)16-5-1-2-6-17(16)32-12-18(30)29-7-3-4-8-29/h1-2,5-6,9-11H,3-4,7-8,12H2,(H,28,31). The highest BCUT2D eigenvalue weighted by Crippen LogP contribution is 2.37. The Kier molecular flexibility index (Phi) is 7.06. The van der Waals surface area contributed by atoms with Crippen LogP contribution >= 0.6 is 11.8 Å². The molecule has 2 amide bonds. The van der Waals surface area contributed by atoms with Crippen molar-refractivity contribution >= 4 is 29.3 Å². The van der Waals surface area contributed by atoms with Gasteiger partial charge in [0.15, 0.2) is 0 Å². The fraction of sp³-hybridized carbons (Fsp3) is 0.333. The van der Waals surface area contributed by atoms with E-state index in [-0.39, 0.29) is 23.3 Å². The van der Waals surface area contributed by atoms with Crippen molar-refractivity contribution in [3.8, 4) is 0 Å². The number of anilines is 1. The molecule has 1 saturated heterocycles. The number of carbonyl (C=O) groups excluding carboxylic acids is 2. The summed E-state index contributed by atoms with van der Waals surface area (Å²) < 4.78 is 78.3. The maximum absolute atomic E-state index is 13.0. The van der Waals surface area contributed by atoms with Gasteiger partial charge in [0.05, 0.1) is 22.4 Å². The van der Waals surface area contributed by atoms with Crippen LogP contribution in [0.25, 0.3) is 0 Å². The number of carbonyl (C=O) groups is 2. The lowest BCUT2D eigenvalue weighted by Gasteiger charge is -2.16. The molecule has 1 heterocycles. The largest absolute Gasteiger partial charge is 0.416 e. The van der Waals surface area contributed by atoms with Gasteiger partial charge in [0.2, 0.25) is 5.91 Å². The number of nitrogens with one attached hydrogen (secondary N) is 1. The zero-order chi connectivity index (χ0) is 23.5. The van der Waals surface area contributed by atoms with Gasteiger partial charge in [-0.1, -0.05) is 12.1 Å². The number of alkyl halides is 6. The maximum Gasteiger partial charge on any atom is 0.416 e. The van der Waals surface area contributed by atoms with Crippen molar-refractivity contribution in [2.45, 2.75) is 30.1 Å². The molecule has 1 aliphatic heterocycles. The van der Waals surface area contributed by atoms with Crippen LogP contribution in [0.3, 0.4) is 0 Å². The molecule has 1 fully saturated rings. The van der Waals surface area contributed by atoms with E-state index in [0.717, 1.165) is 24.6 Å². The number of benzene rings is 2. The number of thioether (sulfide) groups is 1. The van der Waals surface area contributed by atoms with Gasteiger partial charge in [0.25, 0.3) is 5.91 Å². The molecule has 0 spiro atoms. The van der Waals surface area contributed by atoms with Gasteiger partial charge in [0, 0.05) is 23.7 Å². The lowest BCUT2D eigenvalue weighted by molar-refractivity contribution is -0.143. The minimum Gasteiger partial charge on any atom is -0.342 e. The average Bonchev–Trinajstić information content (AvgIpc) is 3.25. The van der Waals surface area contributed by atoms with E-state index in [1.54, 1.807) is 17.0 Å². The second-order valence-corrected chi connectivity index (χ2v) is 8.14. The van der Waals surface area contributed by atoms with Crippen LogP contribution in [-0.2, 0) is 17.1 Å². The number of nitrogens with zero attached hydrogens (tertiary/aromatic N) is 1. The number of amides is 2. The summed E-state index contributed by atoms with van der Waals surface area (Å²) in [6, 6.07) is 6.95. The first kappa shape index (κ1) is 24.0. The van der Waals surface area contributed by atoms with E-state index < -0.39 is 35.1 Å². The third-order valence-electron chi connectivity index (χ3n) is 4.79. The molecule has 0 bridgehead atoms. The Labute approximate surface area is 184 Å². The van der Waals surface area contributed by atoms with E-state index in [2.05, 4.69) is 5.32 Å². The van der Waals surface area contributed by atoms with Gasteiger partial charge in [-0.05, 0) is 43.2 Å². The molecule has 3 rings (SSSR count). The zero-order valence-electron chi connectivity index (χ0n) is 16.5. The molecule has 11 heteroatoms. The van der Waals surface area contributed by atoms with Gasteiger partial charge in [-0.2, -0.15) is 26.3 Å². The second kappa shape index (κ2) is 9.43. The van der Waals surface area contributed by atoms with Gasteiger partial charge in [-0.15, -0.1) is 11.8 Å². The Hall–Kier alpha value is -2.69. The van der Waals surface area contributed by atoms with Gasteiger partial charge in [-0.3, -0.25) is 9.59 Å². The lowest BCUT2D eigenvalue weighted by Crippen LogP contribution is -2.29. The molecule has 0 radical (unpaired) electrons. The minimum absolute atomic E-state index is 0.0105. The van der Waals surface area contributed by atoms with Crippen molar-refractivity contribution in [2.24, 2.45) is 0 Å². The molecular formula is C21H18F6N2O2S. The molecular weight excluding hydrogens is 458 g/mol. The van der Waals surface area contributed by atoms with Gasteiger partial charge < -0.3 is 10.2 Å². The van der Waals surface area contributed by atoms with E-state index in [4.69, 9.17) is 0 Å². The fourth-order valence-electron chi connectivity index (χ4n) is 3.20. The maximum atomic E-state index is 13.0. The highest BCUT2D eigenvalue weighted by molar-refractivity contribution is 8.00. The summed E-state index contributed by atoms with van der Waals surface area (Å²) in [5, 5.41) is 2.12. The molecule has 32 heavy (non-hydrogen) atoms. The first-order valence-corrected chi connectivity index (χ1v) is 10.5. The normalized spacial score (nSPS) is 14.5. The monoisotopic (exact) mass is 476 g/mol. The Morgan fingerprint density at radius 2 is 1.47 bits per heavy atom. The molecule has 1 aliphatic rings. The van der Waals surface area contributed by atoms with Crippen molar-refractivity contribution in [1.29, 1.82) is 0 Å². The number of likely N-dealkylation sites (tertiary alicyclic amines) is 1. The van der Waals surface area contributed by atoms with Crippen LogP contribution < -0.4 is 5.32 Å². The van der Waals surface area contributed by atoms with Crippen LogP contribution in [0.1, 0.15) is 34.3 Å². The van der Waals surface area contributed by atoms with Crippen molar-refractivity contribution < 1.29 is 35.9 Å². The zero-order valence-corrected chi connectivity index (χ0v) is 17.3. The van der Waals surface area contributed by atoms with E-state index in [1.165, 1.54) is 12.1 Å². The molecule has 4 nitrogen and oxygen atoms in total. The summed E-state index contributed by atoms with van der Waals surface area (Å²) in [5.74, 6) is -0.920. The molecule has 1 N–H and O–H groups in total. The van der Waals surface area contributed by atoms with Crippen molar-refractivity contribution in [3.63, 3.8) is 0 Å². The van der Waals surface area contributed by atoms with Gasteiger partial charge in [0.1, 0.15) is 0 Å². The third kappa shape index (κ3) is 5.96. The quantitative estimate of drug-likeness (QED) is 0.446. The summed E-state index contributed by atoms with van der Waals surface area (Å²) in [6.45, 7) is 1.33. The Balaban J connectivity index is 1.81. The van der Waals surface area contributed by atoms with E-state index in [1.807, 2.05) is 0 Å². The summed E-state index contributed by atoms with van der Waals surface area (Å²) >= 11 is 1.08. The third-order valence-corrected chi connectivity index (χ3v) is 5.85. The van der Waals surface area contributed by atoms with Gasteiger partial charge in [-0.25, -0.2) is 0 Å². The summed E-state index contributed by atoms with van der Waals surface area (Å²) in [7, 11) is 0. The highest BCUT2D eigenvalue weighted by atomic mass is 32.2. The first-order valence-electron chi connectivity index (χ1n) is 9.55. The van der Waals surface area contributed by atoms with Crippen LogP contribution in [0.4, 0.5) is 32.0 Å². The van der Waals surface area contributed by atoms with Crippen LogP contribution in [0.5, 0.6) is 0 Å². The Morgan fingerprint density at radius 3 is 2.03 bits per heavy atom. The first-order chi connectivity index (χ1) is 14.9. The van der Waals surface area contributed by atoms with Crippen molar-refractivity contribution in [1.82, 2.24) is 4.90 Å². The number of rotatable bonds is 5. The number of halogens is 6. The van der Waals surface area contributed by atoms with E-state index in [9.17, 15) is 35.9 Å². The summed E-state index contributed by atoms with van der Waals surface area (Å²) in [5.41, 5.74) is -3.65. The van der Waals surface area contributed by atoms with E-state index >= 15 is 0 Å². The Morgan fingerprint density at radius 1 is 0.906 bits per heavy atom. The van der Waals surface area contributed by atoms with Crippen LogP contribution in [0.15, 0.2) is 47.4 Å². The molecule has 2 aromatic rings. The predicted octanol–water partition coefficient (Wildman–Crippen LogP) is 5.69. The molecule has 0 atom stereocenters. The topological polar surface area (TPSA) is 49.4 Å². The molecule has 0 saturated carbocycles. The number of hydrogen-bond donors (Lipinski definition) is 1. The highest BCUT2D eigenvalue weighted by Gasteiger charge is 2.37. The fourth-order valence-corrected chi connectivity index (χ4v) is 4.16. The summed E-state index contributed by atoms with van der Waals surface area (Å²) in [4.78, 5) is 27.0. The van der Waals surface area contributed by atoms with Crippen LogP contribution in [0, 0.1) is 0 Å². The SMILES string of the molecule is O=C(Nc1cc(C(F)(F)F)cc(C(F)(F)F)c1)c1ccccc1SCC(=O)N1CCCC1. The van der Waals surface area contributed by atoms with Crippen LogP contribution in [0.2, 0.25) is 0 Å². The van der Waals surface area contributed by atoms with Crippen molar-refractivity contribution in [3.05, 3.63) is 59.2 Å². The van der Waals surface area contributed by atoms with Gasteiger partial charge >= 0.3 is 12.4 Å². The van der Waals surface area contributed by atoms with Crippen LogP contribution in [-0.4, -0.2) is 35.6 Å². The second-order valence-electron chi connectivity index (χ2n) is 7.12. The molecule has 172 valence electrons. The molecule has 2 aromatic carbocycles. The Bertz CT molecular complexity index is 968. The van der Waals surface area contributed by atoms with E-state index in [0.29, 0.717) is 30.1 Å². The molecule has 0 unspecified atom stereocenters. The summed E-state index contributed by atoms with van der Waals surface area (Å²) in [6.07, 6.45) is -8.20. The van der Waals surface area contributed by atoms with Crippen molar-refractivity contribution in [2.75, 3.05) is 24.2 Å².